The van der Waals surface area contributed by atoms with Gasteiger partial charge in [-0.25, -0.2) is 13.4 Å². The van der Waals surface area contributed by atoms with Crippen LogP contribution >= 0.6 is 0 Å². The summed E-state index contributed by atoms with van der Waals surface area (Å²) < 4.78 is 26.5. The molecule has 7 heteroatoms. The van der Waals surface area contributed by atoms with Crippen LogP contribution in [-0.2, 0) is 14.8 Å². The van der Waals surface area contributed by atoms with Crippen molar-refractivity contribution >= 4 is 27.7 Å². The quantitative estimate of drug-likeness (QED) is 0.425. The Morgan fingerprint density at radius 3 is 2.42 bits per heavy atom. The van der Waals surface area contributed by atoms with Gasteiger partial charge in [-0.1, -0.05) is 44.0 Å². The van der Waals surface area contributed by atoms with Gasteiger partial charge in [0.1, 0.15) is 5.69 Å². The maximum Gasteiger partial charge on any atom is 0.248 e. The minimum absolute atomic E-state index is 0.233. The molecule has 33 heavy (non-hydrogen) atoms. The molecule has 0 unspecified atom stereocenters. The second kappa shape index (κ2) is 11.2. The monoisotopic (exact) mass is 459 g/mol. The molecule has 0 saturated carbocycles. The van der Waals surface area contributed by atoms with E-state index in [9.17, 15) is 13.2 Å². The molecule has 0 bridgehead atoms. The number of carbonyl (C=O) groups excluding carboxylic acids is 1. The van der Waals surface area contributed by atoms with Crippen molar-refractivity contribution in [2.24, 2.45) is 0 Å². The Bertz CT molecular complexity index is 1290. The second-order valence-corrected chi connectivity index (χ2v) is 8.96. The molecule has 0 saturated heterocycles. The third kappa shape index (κ3) is 6.62. The molecule has 0 aliphatic rings. The molecule has 0 aliphatic heterocycles. The Labute approximate surface area is 195 Å². The lowest BCUT2D eigenvalue weighted by molar-refractivity contribution is -0.111. The number of hydrogen-bond acceptors (Lipinski definition) is 4. The molecule has 168 valence electrons. The lowest BCUT2D eigenvalue weighted by Gasteiger charge is -2.18. The second-order valence-electron chi connectivity index (χ2n) is 7.03. The van der Waals surface area contributed by atoms with Gasteiger partial charge in [-0.05, 0) is 60.0 Å². The minimum Gasteiger partial charge on any atom is -0.322 e. The Morgan fingerprint density at radius 1 is 1.00 bits per heavy atom. The van der Waals surface area contributed by atoms with E-state index < -0.39 is 10.0 Å². The first-order valence-corrected chi connectivity index (χ1v) is 12.0. The van der Waals surface area contributed by atoms with Gasteiger partial charge in [0.15, 0.2) is 0 Å². The summed E-state index contributed by atoms with van der Waals surface area (Å²) in [5.74, 6) is 5.71. The van der Waals surface area contributed by atoms with Crippen LogP contribution in [0.3, 0.4) is 0 Å². The molecule has 3 aromatic rings. The molecule has 1 aromatic heterocycles. The van der Waals surface area contributed by atoms with Crippen LogP contribution in [0.4, 0.5) is 5.69 Å². The van der Waals surface area contributed by atoms with Crippen molar-refractivity contribution in [3.8, 4) is 11.8 Å². The van der Waals surface area contributed by atoms with E-state index in [0.717, 1.165) is 11.1 Å². The van der Waals surface area contributed by atoms with Crippen molar-refractivity contribution in [2.75, 3.05) is 18.4 Å². The first-order chi connectivity index (χ1) is 15.9. The molecule has 0 fully saturated rings. The van der Waals surface area contributed by atoms with Crippen molar-refractivity contribution in [3.63, 3.8) is 0 Å². The van der Waals surface area contributed by atoms with Gasteiger partial charge in [-0.15, -0.1) is 0 Å². The van der Waals surface area contributed by atoms with Gasteiger partial charge in [-0.3, -0.25) is 4.79 Å². The summed E-state index contributed by atoms with van der Waals surface area (Å²) >= 11 is 0. The Morgan fingerprint density at radius 2 is 1.76 bits per heavy atom. The van der Waals surface area contributed by atoms with E-state index in [2.05, 4.69) is 22.1 Å². The van der Waals surface area contributed by atoms with E-state index in [4.69, 9.17) is 0 Å². The molecule has 6 nitrogen and oxygen atoms in total. The molecule has 0 atom stereocenters. The highest BCUT2D eigenvalue weighted by atomic mass is 32.2. The highest BCUT2D eigenvalue weighted by Crippen LogP contribution is 2.17. The largest absolute Gasteiger partial charge is 0.322 e. The highest BCUT2D eigenvalue weighted by Gasteiger charge is 2.20. The van der Waals surface area contributed by atoms with E-state index in [1.54, 1.807) is 62.5 Å². The average molecular weight is 460 g/mol. The molecule has 1 N–H and O–H groups in total. The van der Waals surface area contributed by atoms with Gasteiger partial charge in [0.2, 0.25) is 15.9 Å². The van der Waals surface area contributed by atoms with Crippen LogP contribution < -0.4 is 5.32 Å². The lowest BCUT2D eigenvalue weighted by Crippen LogP contribution is -2.30. The van der Waals surface area contributed by atoms with E-state index in [1.807, 2.05) is 30.3 Å². The summed E-state index contributed by atoms with van der Waals surface area (Å²) in [7, 11) is -3.50. The van der Waals surface area contributed by atoms with Crippen LogP contribution in [0, 0.1) is 11.8 Å². The minimum atomic E-state index is -3.50. The number of nitrogens with one attached hydrogen (secondary N) is 1. The Balaban J connectivity index is 1.64. The fourth-order valence-corrected chi connectivity index (χ4v) is 4.52. The maximum atomic E-state index is 12.6. The zero-order chi connectivity index (χ0) is 23.7. The summed E-state index contributed by atoms with van der Waals surface area (Å²) in [6.07, 6.45) is 4.72. The van der Waals surface area contributed by atoms with Crippen LogP contribution in [0.15, 0.2) is 83.9 Å². The predicted octanol–water partition coefficient (Wildman–Crippen LogP) is 4.16. The predicted molar refractivity (Wildman–Crippen MR) is 131 cm³/mol. The number of nitrogens with zero attached hydrogens (tertiary/aromatic N) is 2. The lowest BCUT2D eigenvalue weighted by atomic mass is 10.2. The number of anilines is 1. The standard InChI is InChI=1S/C26H25N3O3S/c1-3-29(4-2)33(31,32)25-16-12-21(13-17-25)14-18-26(30)28-24-10-7-8-22(20-24)11-15-23-9-5-6-19-27-23/h5-10,12-14,16-20H,3-4H2,1-2H3,(H,28,30)/b18-14+. The van der Waals surface area contributed by atoms with Gasteiger partial charge in [-0.2, -0.15) is 4.31 Å². The molecule has 0 aliphatic carbocycles. The number of benzene rings is 2. The van der Waals surface area contributed by atoms with Crippen LogP contribution in [0.2, 0.25) is 0 Å². The molecule has 0 radical (unpaired) electrons. The van der Waals surface area contributed by atoms with Gasteiger partial charge in [0, 0.05) is 36.6 Å². The number of rotatable bonds is 7. The Kier molecular flexibility index (Phi) is 8.14. The normalized spacial score (nSPS) is 11.2. The zero-order valence-electron chi connectivity index (χ0n) is 18.5. The number of pyridine rings is 1. The number of amides is 1. The first-order valence-electron chi connectivity index (χ1n) is 10.5. The number of carbonyl (C=O) groups is 1. The van der Waals surface area contributed by atoms with Gasteiger partial charge < -0.3 is 5.32 Å². The van der Waals surface area contributed by atoms with Crippen LogP contribution in [0.5, 0.6) is 0 Å². The van der Waals surface area contributed by atoms with Crippen molar-refractivity contribution in [1.29, 1.82) is 0 Å². The van der Waals surface area contributed by atoms with E-state index in [0.29, 0.717) is 24.5 Å². The third-order valence-electron chi connectivity index (χ3n) is 4.78. The van der Waals surface area contributed by atoms with E-state index in [1.165, 1.54) is 10.4 Å². The van der Waals surface area contributed by atoms with Crippen molar-refractivity contribution in [1.82, 2.24) is 9.29 Å². The van der Waals surface area contributed by atoms with Crippen molar-refractivity contribution in [3.05, 3.63) is 95.8 Å². The van der Waals surface area contributed by atoms with Crippen LogP contribution in [-0.4, -0.2) is 36.7 Å². The summed E-state index contributed by atoms with van der Waals surface area (Å²) in [5.41, 5.74) is 2.77. The number of aromatic nitrogens is 1. The van der Waals surface area contributed by atoms with E-state index in [-0.39, 0.29) is 10.8 Å². The fraction of sp³-hybridized carbons (Fsp3) is 0.154. The molecular weight excluding hydrogens is 434 g/mol. The molecule has 0 spiro atoms. The summed E-state index contributed by atoms with van der Waals surface area (Å²) in [5, 5.41) is 2.80. The van der Waals surface area contributed by atoms with Gasteiger partial charge in [0.05, 0.1) is 4.90 Å². The molecular formula is C26H25N3O3S. The summed E-state index contributed by atoms with van der Waals surface area (Å²) in [4.78, 5) is 16.7. The smallest absolute Gasteiger partial charge is 0.248 e. The molecule has 2 aromatic carbocycles. The first kappa shape index (κ1) is 23.9. The van der Waals surface area contributed by atoms with Gasteiger partial charge >= 0.3 is 0 Å². The van der Waals surface area contributed by atoms with Crippen LogP contribution in [0.1, 0.15) is 30.7 Å². The third-order valence-corrected chi connectivity index (χ3v) is 6.84. The zero-order valence-corrected chi connectivity index (χ0v) is 19.3. The Hall–Kier alpha value is -3.73. The maximum absolute atomic E-state index is 12.6. The molecule has 3 rings (SSSR count). The molecule has 1 amide bonds. The number of sulfonamides is 1. The summed E-state index contributed by atoms with van der Waals surface area (Å²) in [6.45, 7) is 4.44. The highest BCUT2D eigenvalue weighted by molar-refractivity contribution is 7.89. The topological polar surface area (TPSA) is 79.4 Å². The van der Waals surface area contributed by atoms with Crippen molar-refractivity contribution in [2.45, 2.75) is 18.7 Å². The fourth-order valence-electron chi connectivity index (χ4n) is 3.07. The van der Waals surface area contributed by atoms with Crippen LogP contribution in [0.25, 0.3) is 6.08 Å². The molecule has 1 heterocycles. The van der Waals surface area contributed by atoms with E-state index >= 15 is 0 Å². The van der Waals surface area contributed by atoms with Gasteiger partial charge in [0.25, 0.3) is 0 Å². The average Bonchev–Trinajstić information content (AvgIpc) is 2.83. The van der Waals surface area contributed by atoms with Crippen molar-refractivity contribution < 1.29 is 13.2 Å². The summed E-state index contributed by atoms with van der Waals surface area (Å²) in [6, 6.07) is 19.2. The number of hydrogen-bond donors (Lipinski definition) is 1. The SMILES string of the molecule is CCN(CC)S(=O)(=O)c1ccc(/C=C/C(=O)Nc2cccc(C#Cc3ccccn3)c2)cc1.